The standard InChI is InChI=1S/C24H26N6OS/c1-17-16-21(31)30-22(18-8-10-20(32-2)11-9-18)26-23(27-24(30)25-17)29-14-12-28(13-15-29)19-6-4-3-5-7-19/h3-11,16,22H,12-15H2,1-2H3,(H,25,26,27)/t22-/m1/s1. The minimum Gasteiger partial charge on any atom is -0.368 e. The monoisotopic (exact) mass is 446 g/mol. The van der Waals surface area contributed by atoms with Crippen molar-refractivity contribution in [2.45, 2.75) is 18.0 Å². The number of para-hydroxylation sites is 1. The van der Waals surface area contributed by atoms with E-state index in [-0.39, 0.29) is 5.56 Å². The van der Waals surface area contributed by atoms with Gasteiger partial charge in [0.05, 0.1) is 0 Å². The molecule has 3 aromatic rings. The van der Waals surface area contributed by atoms with Crippen molar-refractivity contribution >= 4 is 29.4 Å². The summed E-state index contributed by atoms with van der Waals surface area (Å²) in [6, 6.07) is 20.3. The van der Waals surface area contributed by atoms with Crippen molar-refractivity contribution in [1.29, 1.82) is 0 Å². The zero-order chi connectivity index (χ0) is 22.1. The first kappa shape index (κ1) is 20.6. The second-order valence-electron chi connectivity index (χ2n) is 7.96. The Morgan fingerprint density at radius 1 is 0.969 bits per heavy atom. The van der Waals surface area contributed by atoms with Gasteiger partial charge in [-0.1, -0.05) is 30.3 Å². The second kappa shape index (κ2) is 8.70. The molecule has 1 atom stereocenters. The number of aryl methyl sites for hydroxylation is 1. The fourth-order valence-corrected chi connectivity index (χ4v) is 4.62. The summed E-state index contributed by atoms with van der Waals surface area (Å²) in [5.41, 5.74) is 2.81. The Labute approximate surface area is 191 Å². The fraction of sp³-hybridized carbons (Fsp3) is 0.292. The van der Waals surface area contributed by atoms with E-state index in [9.17, 15) is 4.79 Å². The van der Waals surface area contributed by atoms with Crippen molar-refractivity contribution in [3.63, 3.8) is 0 Å². The molecule has 1 N–H and O–H groups in total. The predicted octanol–water partition coefficient (Wildman–Crippen LogP) is 3.42. The molecule has 2 aliphatic heterocycles. The molecule has 3 heterocycles. The molecular formula is C24H26N6OS. The van der Waals surface area contributed by atoms with Gasteiger partial charge >= 0.3 is 0 Å². The van der Waals surface area contributed by atoms with E-state index in [2.05, 4.69) is 62.8 Å². The van der Waals surface area contributed by atoms with Gasteiger partial charge in [-0.3, -0.25) is 14.7 Å². The maximum Gasteiger partial charge on any atom is 0.257 e. The van der Waals surface area contributed by atoms with E-state index < -0.39 is 6.17 Å². The lowest BCUT2D eigenvalue weighted by atomic mass is 10.1. The summed E-state index contributed by atoms with van der Waals surface area (Å²) >= 11 is 1.69. The van der Waals surface area contributed by atoms with Crippen molar-refractivity contribution in [2.24, 2.45) is 4.99 Å². The quantitative estimate of drug-likeness (QED) is 0.622. The highest BCUT2D eigenvalue weighted by Crippen LogP contribution is 2.28. The lowest BCUT2D eigenvalue weighted by Gasteiger charge is -2.39. The highest BCUT2D eigenvalue weighted by Gasteiger charge is 2.29. The summed E-state index contributed by atoms with van der Waals surface area (Å²) in [6.07, 6.45) is 1.61. The number of thioether (sulfide) groups is 1. The molecule has 7 nitrogen and oxygen atoms in total. The summed E-state index contributed by atoms with van der Waals surface area (Å²) in [4.78, 5) is 28.3. The molecule has 0 bridgehead atoms. The van der Waals surface area contributed by atoms with E-state index in [1.54, 1.807) is 22.4 Å². The molecule has 0 radical (unpaired) electrons. The smallest absolute Gasteiger partial charge is 0.257 e. The average molecular weight is 447 g/mol. The first-order valence-corrected chi connectivity index (χ1v) is 12.0. The Morgan fingerprint density at radius 2 is 1.66 bits per heavy atom. The Morgan fingerprint density at radius 3 is 2.34 bits per heavy atom. The zero-order valence-electron chi connectivity index (χ0n) is 18.2. The first-order valence-electron chi connectivity index (χ1n) is 10.8. The van der Waals surface area contributed by atoms with Crippen molar-refractivity contribution in [3.8, 4) is 0 Å². The number of rotatable bonds is 3. The molecule has 0 unspecified atom stereocenters. The van der Waals surface area contributed by atoms with Gasteiger partial charge in [0.25, 0.3) is 5.56 Å². The number of benzene rings is 2. The van der Waals surface area contributed by atoms with Gasteiger partial charge in [0, 0.05) is 48.5 Å². The largest absolute Gasteiger partial charge is 0.368 e. The average Bonchev–Trinajstić information content (AvgIpc) is 2.84. The lowest BCUT2D eigenvalue weighted by molar-refractivity contribution is 0.376. The van der Waals surface area contributed by atoms with E-state index >= 15 is 0 Å². The molecule has 2 aliphatic rings. The summed E-state index contributed by atoms with van der Waals surface area (Å²) in [7, 11) is 0. The van der Waals surface area contributed by atoms with E-state index in [1.165, 1.54) is 10.6 Å². The molecule has 8 heteroatoms. The number of nitrogens with zero attached hydrogens (tertiary/aromatic N) is 5. The number of aliphatic imine (C=N–C) groups is 1. The first-order chi connectivity index (χ1) is 15.6. The summed E-state index contributed by atoms with van der Waals surface area (Å²) in [6.45, 7) is 5.35. The number of hydrogen-bond acceptors (Lipinski definition) is 7. The third kappa shape index (κ3) is 3.98. The molecule has 164 valence electrons. The van der Waals surface area contributed by atoms with Gasteiger partial charge in [-0.15, -0.1) is 11.8 Å². The van der Waals surface area contributed by atoms with E-state index in [4.69, 9.17) is 4.99 Å². The number of hydrogen-bond donors (Lipinski definition) is 1. The molecule has 32 heavy (non-hydrogen) atoms. The van der Waals surface area contributed by atoms with Gasteiger partial charge in [0.15, 0.2) is 6.17 Å². The molecule has 1 aromatic heterocycles. The number of nitrogens with one attached hydrogen (secondary N) is 1. The SMILES string of the molecule is CSc1ccc([C@@H]2N=C(N3CCN(c4ccccc4)CC3)Nc3nc(C)cc(=O)n32)cc1. The van der Waals surface area contributed by atoms with Gasteiger partial charge in [-0.25, -0.2) is 9.98 Å². The van der Waals surface area contributed by atoms with Crippen LogP contribution in [-0.4, -0.2) is 52.8 Å². The maximum atomic E-state index is 12.9. The second-order valence-corrected chi connectivity index (χ2v) is 8.84. The highest BCUT2D eigenvalue weighted by molar-refractivity contribution is 7.98. The number of piperazine rings is 1. The van der Waals surface area contributed by atoms with Crippen LogP contribution < -0.4 is 15.8 Å². The summed E-state index contributed by atoms with van der Waals surface area (Å²) in [5, 5.41) is 3.33. The van der Waals surface area contributed by atoms with Crippen LogP contribution in [-0.2, 0) is 0 Å². The Kier molecular flexibility index (Phi) is 5.61. The van der Waals surface area contributed by atoms with E-state index in [0.29, 0.717) is 11.6 Å². The molecule has 5 rings (SSSR count). The minimum atomic E-state index is -0.440. The van der Waals surface area contributed by atoms with Gasteiger partial charge in [0.2, 0.25) is 11.9 Å². The third-order valence-corrected chi connectivity index (χ3v) is 6.65. The van der Waals surface area contributed by atoms with Gasteiger partial charge < -0.3 is 9.80 Å². The molecule has 0 saturated carbocycles. The molecule has 0 aliphatic carbocycles. The lowest BCUT2D eigenvalue weighted by Crippen LogP contribution is -2.52. The fourth-order valence-electron chi connectivity index (χ4n) is 4.21. The van der Waals surface area contributed by atoms with Crippen molar-refractivity contribution in [1.82, 2.24) is 14.5 Å². The number of guanidine groups is 1. The number of aromatic nitrogens is 2. The van der Waals surface area contributed by atoms with Crippen LogP contribution in [0.25, 0.3) is 0 Å². The maximum absolute atomic E-state index is 12.9. The van der Waals surface area contributed by atoms with Crippen molar-refractivity contribution in [2.75, 3.05) is 42.7 Å². The molecule has 0 spiro atoms. The van der Waals surface area contributed by atoms with Crippen LogP contribution in [0.1, 0.15) is 17.4 Å². The Hall–Kier alpha value is -3.26. The van der Waals surface area contributed by atoms with Gasteiger partial charge in [0.1, 0.15) is 0 Å². The van der Waals surface area contributed by atoms with Gasteiger partial charge in [-0.2, -0.15) is 0 Å². The summed E-state index contributed by atoms with van der Waals surface area (Å²) in [5.74, 6) is 1.32. The molecule has 2 aromatic carbocycles. The number of anilines is 2. The van der Waals surface area contributed by atoms with Gasteiger partial charge in [-0.05, 0) is 43.0 Å². The molecule has 0 amide bonds. The number of fused-ring (bicyclic) bond motifs is 1. The zero-order valence-corrected chi connectivity index (χ0v) is 19.0. The van der Waals surface area contributed by atoms with Crippen LogP contribution in [0.5, 0.6) is 0 Å². The predicted molar refractivity (Wildman–Crippen MR) is 131 cm³/mol. The van der Waals surface area contributed by atoms with Crippen molar-refractivity contribution < 1.29 is 0 Å². The summed E-state index contributed by atoms with van der Waals surface area (Å²) < 4.78 is 1.64. The van der Waals surface area contributed by atoms with Crippen LogP contribution in [0.15, 0.2) is 75.3 Å². The van der Waals surface area contributed by atoms with Crippen LogP contribution in [0.3, 0.4) is 0 Å². The van der Waals surface area contributed by atoms with Crippen molar-refractivity contribution in [3.05, 3.63) is 82.3 Å². The van der Waals surface area contributed by atoms with Crippen LogP contribution in [0.2, 0.25) is 0 Å². The van der Waals surface area contributed by atoms with Crippen LogP contribution in [0, 0.1) is 6.92 Å². The third-order valence-electron chi connectivity index (χ3n) is 5.91. The molecule has 1 saturated heterocycles. The normalized spacial score (nSPS) is 18.1. The van der Waals surface area contributed by atoms with E-state index in [0.717, 1.165) is 37.7 Å². The Balaban J connectivity index is 1.45. The topological polar surface area (TPSA) is 65.8 Å². The van der Waals surface area contributed by atoms with Crippen LogP contribution in [0.4, 0.5) is 11.6 Å². The Bertz CT molecular complexity index is 1180. The van der Waals surface area contributed by atoms with Crippen LogP contribution >= 0.6 is 11.8 Å². The van der Waals surface area contributed by atoms with E-state index in [1.807, 2.05) is 25.1 Å². The molecular weight excluding hydrogens is 420 g/mol. The molecule has 1 fully saturated rings. The highest BCUT2D eigenvalue weighted by atomic mass is 32.2. The minimum absolute atomic E-state index is 0.101.